The number of carbonyl (C=O) groups is 1. The van der Waals surface area contributed by atoms with E-state index in [0.717, 1.165) is 0 Å². The van der Waals surface area contributed by atoms with Crippen molar-refractivity contribution < 1.29 is 13.6 Å². The van der Waals surface area contributed by atoms with E-state index in [1.807, 2.05) is 0 Å². The first-order chi connectivity index (χ1) is 11.5. The van der Waals surface area contributed by atoms with Crippen LogP contribution in [0, 0.1) is 18.6 Å². The highest BCUT2D eigenvalue weighted by Gasteiger charge is 2.42. The van der Waals surface area contributed by atoms with E-state index < -0.39 is 11.6 Å². The van der Waals surface area contributed by atoms with Gasteiger partial charge >= 0.3 is 0 Å². The molecule has 0 aliphatic heterocycles. The number of benzene rings is 1. The Hall–Kier alpha value is -2.83. The van der Waals surface area contributed by atoms with Crippen LogP contribution in [0.15, 0.2) is 36.5 Å². The third-order valence-corrected chi connectivity index (χ3v) is 4.31. The minimum atomic E-state index is -0.571. The van der Waals surface area contributed by atoms with E-state index in [9.17, 15) is 13.6 Å². The van der Waals surface area contributed by atoms with Crippen LogP contribution in [-0.2, 0) is 0 Å². The van der Waals surface area contributed by atoms with Crippen LogP contribution in [0.5, 0.6) is 0 Å². The van der Waals surface area contributed by atoms with Gasteiger partial charge in [0.25, 0.3) is 5.91 Å². The molecular weight excluding hydrogens is 314 g/mol. The molecule has 24 heavy (non-hydrogen) atoms. The topological polar surface area (TPSA) is 59.3 Å². The zero-order chi connectivity index (χ0) is 16.8. The number of hydrogen-bond acceptors (Lipinski definition) is 3. The number of hydrogen-bond donors (Lipinski definition) is 1. The molecule has 1 saturated carbocycles. The number of amides is 1. The van der Waals surface area contributed by atoms with Crippen LogP contribution in [0.4, 0.5) is 8.78 Å². The summed E-state index contributed by atoms with van der Waals surface area (Å²) in [5.74, 6) is -1.07. The molecule has 0 radical (unpaired) electrons. The molecule has 7 heteroatoms. The Balaban J connectivity index is 1.52. The molecule has 1 N–H and O–H groups in total. The number of aryl methyl sites for hydroxylation is 1. The van der Waals surface area contributed by atoms with Gasteiger partial charge in [-0.15, -0.1) is 10.2 Å². The van der Waals surface area contributed by atoms with Gasteiger partial charge in [-0.25, -0.2) is 8.78 Å². The first-order valence-electron chi connectivity index (χ1n) is 7.61. The van der Waals surface area contributed by atoms with Gasteiger partial charge < -0.3 is 5.32 Å². The van der Waals surface area contributed by atoms with Crippen molar-refractivity contribution in [2.24, 2.45) is 0 Å². The van der Waals surface area contributed by atoms with Crippen LogP contribution in [0.1, 0.15) is 34.1 Å². The monoisotopic (exact) mass is 328 g/mol. The van der Waals surface area contributed by atoms with Crippen LogP contribution in [0.25, 0.3) is 5.65 Å². The number of fused-ring (bicyclic) bond motifs is 1. The molecule has 0 bridgehead atoms. The molecule has 1 aliphatic carbocycles. The molecule has 2 atom stereocenters. The largest absolute Gasteiger partial charge is 0.349 e. The number of halogens is 2. The molecule has 1 fully saturated rings. The van der Waals surface area contributed by atoms with Gasteiger partial charge in [-0.2, -0.15) is 0 Å². The molecule has 2 aromatic heterocycles. The van der Waals surface area contributed by atoms with E-state index >= 15 is 0 Å². The van der Waals surface area contributed by atoms with Gasteiger partial charge in [0.2, 0.25) is 0 Å². The Morgan fingerprint density at radius 3 is 2.71 bits per heavy atom. The number of aromatic nitrogens is 3. The summed E-state index contributed by atoms with van der Waals surface area (Å²) < 4.78 is 29.3. The second-order valence-electron chi connectivity index (χ2n) is 5.95. The van der Waals surface area contributed by atoms with Crippen LogP contribution in [0.3, 0.4) is 0 Å². The predicted octanol–water partition coefficient (Wildman–Crippen LogP) is 2.60. The molecule has 2 heterocycles. The highest BCUT2D eigenvalue weighted by molar-refractivity contribution is 5.94. The van der Waals surface area contributed by atoms with E-state index in [1.54, 1.807) is 29.7 Å². The first kappa shape index (κ1) is 14.7. The predicted molar refractivity (Wildman–Crippen MR) is 82.7 cm³/mol. The molecule has 1 aliphatic rings. The van der Waals surface area contributed by atoms with Gasteiger partial charge in [0, 0.05) is 23.7 Å². The van der Waals surface area contributed by atoms with Crippen molar-refractivity contribution in [1.82, 2.24) is 19.9 Å². The average molecular weight is 328 g/mol. The van der Waals surface area contributed by atoms with E-state index in [0.29, 0.717) is 23.5 Å². The molecular formula is C17H14F2N4O. The molecule has 4 rings (SSSR count). The minimum Gasteiger partial charge on any atom is -0.349 e. The van der Waals surface area contributed by atoms with Crippen molar-refractivity contribution in [3.05, 3.63) is 65.1 Å². The SMILES string of the molecule is Cc1nnc2ccc(C(=O)N[C@@H]3C[C@H]3c3c(F)cccc3F)cn12. The van der Waals surface area contributed by atoms with Crippen molar-refractivity contribution in [1.29, 1.82) is 0 Å². The number of carbonyl (C=O) groups excluding carboxylic acids is 1. The molecule has 122 valence electrons. The Bertz CT molecular complexity index is 933. The summed E-state index contributed by atoms with van der Waals surface area (Å²) in [7, 11) is 0. The van der Waals surface area contributed by atoms with Crippen LogP contribution in [0.2, 0.25) is 0 Å². The molecule has 0 saturated heterocycles. The first-order valence-corrected chi connectivity index (χ1v) is 7.61. The summed E-state index contributed by atoms with van der Waals surface area (Å²) in [5.41, 5.74) is 1.15. The van der Waals surface area contributed by atoms with Gasteiger partial charge in [-0.3, -0.25) is 9.20 Å². The Labute approximate surface area is 136 Å². The maximum atomic E-state index is 13.8. The Morgan fingerprint density at radius 1 is 1.21 bits per heavy atom. The number of rotatable bonds is 3. The fourth-order valence-corrected chi connectivity index (χ4v) is 2.93. The van der Waals surface area contributed by atoms with E-state index in [2.05, 4.69) is 15.5 Å². The summed E-state index contributed by atoms with van der Waals surface area (Å²) in [6.45, 7) is 1.79. The average Bonchev–Trinajstić information content (AvgIpc) is 3.20. The third kappa shape index (κ3) is 2.42. The fraction of sp³-hybridized carbons (Fsp3) is 0.235. The maximum Gasteiger partial charge on any atom is 0.253 e. The lowest BCUT2D eigenvalue weighted by Gasteiger charge is -2.07. The Morgan fingerprint density at radius 2 is 1.96 bits per heavy atom. The highest BCUT2D eigenvalue weighted by atomic mass is 19.1. The van der Waals surface area contributed by atoms with E-state index in [1.165, 1.54) is 18.2 Å². The smallest absolute Gasteiger partial charge is 0.253 e. The number of nitrogens with one attached hydrogen (secondary N) is 1. The summed E-state index contributed by atoms with van der Waals surface area (Å²) >= 11 is 0. The summed E-state index contributed by atoms with van der Waals surface area (Å²) in [4.78, 5) is 12.4. The van der Waals surface area contributed by atoms with Gasteiger partial charge in [0.1, 0.15) is 17.5 Å². The molecule has 1 aromatic carbocycles. The second-order valence-corrected chi connectivity index (χ2v) is 5.95. The maximum absolute atomic E-state index is 13.8. The lowest BCUT2D eigenvalue weighted by atomic mass is 10.1. The molecule has 3 aromatic rings. The molecule has 5 nitrogen and oxygen atoms in total. The number of pyridine rings is 1. The summed E-state index contributed by atoms with van der Waals surface area (Å²) in [6.07, 6.45) is 2.18. The highest BCUT2D eigenvalue weighted by Crippen LogP contribution is 2.43. The summed E-state index contributed by atoms with van der Waals surface area (Å²) in [6, 6.07) is 6.90. The molecule has 0 unspecified atom stereocenters. The van der Waals surface area contributed by atoms with Crippen LogP contribution < -0.4 is 5.32 Å². The zero-order valence-corrected chi connectivity index (χ0v) is 12.8. The van der Waals surface area contributed by atoms with Crippen molar-refractivity contribution in [3.63, 3.8) is 0 Å². The summed E-state index contributed by atoms with van der Waals surface area (Å²) in [5, 5.41) is 10.7. The van der Waals surface area contributed by atoms with Crippen molar-refractivity contribution in [3.8, 4) is 0 Å². The van der Waals surface area contributed by atoms with Gasteiger partial charge in [-0.1, -0.05) is 6.07 Å². The van der Waals surface area contributed by atoms with Gasteiger partial charge in [0.05, 0.1) is 5.56 Å². The van der Waals surface area contributed by atoms with E-state index in [4.69, 9.17) is 0 Å². The van der Waals surface area contributed by atoms with E-state index in [-0.39, 0.29) is 23.4 Å². The third-order valence-electron chi connectivity index (χ3n) is 4.31. The van der Waals surface area contributed by atoms with Crippen molar-refractivity contribution >= 4 is 11.6 Å². The minimum absolute atomic E-state index is 0.0490. The van der Waals surface area contributed by atoms with Gasteiger partial charge in [0.15, 0.2) is 5.65 Å². The molecule has 1 amide bonds. The van der Waals surface area contributed by atoms with Crippen LogP contribution in [-0.4, -0.2) is 26.5 Å². The Kier molecular flexibility index (Phi) is 3.30. The second kappa shape index (κ2) is 5.36. The van der Waals surface area contributed by atoms with Gasteiger partial charge in [-0.05, 0) is 37.6 Å². The quantitative estimate of drug-likeness (QED) is 0.804. The lowest BCUT2D eigenvalue weighted by molar-refractivity contribution is 0.0949. The standard InChI is InChI=1S/C17H14F2N4O/c1-9-21-22-15-6-5-10(8-23(9)15)17(24)20-14-7-11(14)16-12(18)3-2-4-13(16)19/h2-6,8,11,14H,7H2,1H3,(H,20,24)/t11-,14-/m1/s1. The molecule has 0 spiro atoms. The zero-order valence-electron chi connectivity index (χ0n) is 12.8. The normalized spacial score (nSPS) is 19.5. The fourth-order valence-electron chi connectivity index (χ4n) is 2.93. The van der Waals surface area contributed by atoms with Crippen molar-refractivity contribution in [2.45, 2.75) is 25.3 Å². The van der Waals surface area contributed by atoms with Crippen molar-refractivity contribution in [2.75, 3.05) is 0 Å². The van der Waals surface area contributed by atoms with Crippen LogP contribution >= 0.6 is 0 Å². The lowest BCUT2D eigenvalue weighted by Crippen LogP contribution is -2.27. The number of nitrogens with zero attached hydrogens (tertiary/aromatic N) is 3.